The van der Waals surface area contributed by atoms with Crippen molar-refractivity contribution in [2.24, 2.45) is 0 Å². The van der Waals surface area contributed by atoms with Crippen LogP contribution in [-0.2, 0) is 22.4 Å². The summed E-state index contributed by atoms with van der Waals surface area (Å²) in [7, 11) is 0.979. The fourth-order valence-corrected chi connectivity index (χ4v) is 3.24. The SMILES string of the molecule is COC(=O)C(F)(F)SC1CCc2ccccc2C1. The smallest absolute Gasteiger partial charge is 0.389 e. The van der Waals surface area contributed by atoms with Crippen LogP contribution in [0.15, 0.2) is 24.3 Å². The highest BCUT2D eigenvalue weighted by Crippen LogP contribution is 2.39. The molecule has 2 rings (SSSR count). The molecule has 0 amide bonds. The number of methoxy groups -OCH3 is 1. The third kappa shape index (κ3) is 2.83. The number of benzene rings is 1. The van der Waals surface area contributed by atoms with E-state index in [2.05, 4.69) is 4.74 Å². The molecular formula is C13H14F2O2S. The summed E-state index contributed by atoms with van der Waals surface area (Å²) in [6.07, 6.45) is 2.02. The van der Waals surface area contributed by atoms with E-state index in [4.69, 9.17) is 0 Å². The molecule has 0 aliphatic heterocycles. The van der Waals surface area contributed by atoms with E-state index in [9.17, 15) is 13.6 Å². The first-order chi connectivity index (χ1) is 8.53. The summed E-state index contributed by atoms with van der Waals surface area (Å²) in [6, 6.07) is 7.84. The maximum Gasteiger partial charge on any atom is 0.389 e. The lowest BCUT2D eigenvalue weighted by Crippen LogP contribution is -2.30. The van der Waals surface area contributed by atoms with Gasteiger partial charge in [-0.3, -0.25) is 0 Å². The van der Waals surface area contributed by atoms with Crippen molar-refractivity contribution in [1.82, 2.24) is 0 Å². The molecule has 0 aromatic heterocycles. The van der Waals surface area contributed by atoms with Crippen molar-refractivity contribution < 1.29 is 18.3 Å². The van der Waals surface area contributed by atoms with Crippen LogP contribution in [0.25, 0.3) is 0 Å². The number of fused-ring (bicyclic) bond motifs is 1. The molecule has 0 heterocycles. The lowest BCUT2D eigenvalue weighted by molar-refractivity contribution is -0.156. The molecule has 0 radical (unpaired) electrons. The number of esters is 1. The van der Waals surface area contributed by atoms with Crippen molar-refractivity contribution in [2.75, 3.05) is 7.11 Å². The molecule has 1 aliphatic rings. The Labute approximate surface area is 109 Å². The molecule has 0 N–H and O–H groups in total. The molecule has 0 saturated heterocycles. The summed E-state index contributed by atoms with van der Waals surface area (Å²) >= 11 is 0.411. The van der Waals surface area contributed by atoms with E-state index < -0.39 is 11.2 Å². The van der Waals surface area contributed by atoms with Gasteiger partial charge in [0.1, 0.15) is 0 Å². The maximum atomic E-state index is 13.5. The van der Waals surface area contributed by atoms with E-state index in [0.29, 0.717) is 24.6 Å². The number of carbonyl (C=O) groups excluding carboxylic acids is 1. The van der Waals surface area contributed by atoms with Crippen LogP contribution >= 0.6 is 11.8 Å². The van der Waals surface area contributed by atoms with Gasteiger partial charge in [-0.2, -0.15) is 8.78 Å². The van der Waals surface area contributed by atoms with Crippen molar-refractivity contribution >= 4 is 17.7 Å². The van der Waals surface area contributed by atoms with Crippen LogP contribution in [0, 0.1) is 0 Å². The quantitative estimate of drug-likeness (QED) is 0.791. The Morgan fingerprint density at radius 2 is 2.06 bits per heavy atom. The van der Waals surface area contributed by atoms with Gasteiger partial charge < -0.3 is 4.74 Å². The predicted octanol–water partition coefficient (Wildman–Crippen LogP) is 3.04. The summed E-state index contributed by atoms with van der Waals surface area (Å²) in [6.45, 7) is 0. The minimum absolute atomic E-state index is 0.242. The Kier molecular flexibility index (Phi) is 3.90. The van der Waals surface area contributed by atoms with Gasteiger partial charge in [0.25, 0.3) is 0 Å². The van der Waals surface area contributed by atoms with Crippen LogP contribution in [0.5, 0.6) is 0 Å². The first-order valence-electron chi connectivity index (χ1n) is 5.74. The standard InChI is InChI=1S/C13H14F2O2S/c1-17-12(16)13(14,15)18-11-7-6-9-4-2-3-5-10(9)8-11/h2-5,11H,6-8H2,1H3. The van der Waals surface area contributed by atoms with Crippen LogP contribution < -0.4 is 0 Å². The van der Waals surface area contributed by atoms with E-state index in [1.54, 1.807) is 0 Å². The van der Waals surface area contributed by atoms with Gasteiger partial charge in [-0.1, -0.05) is 36.0 Å². The third-order valence-corrected chi connectivity index (χ3v) is 4.24. The molecule has 0 fully saturated rings. The van der Waals surface area contributed by atoms with Crippen LogP contribution in [0.1, 0.15) is 17.5 Å². The summed E-state index contributed by atoms with van der Waals surface area (Å²) in [5.41, 5.74) is 2.32. The number of alkyl halides is 2. The van der Waals surface area contributed by atoms with Crippen molar-refractivity contribution in [1.29, 1.82) is 0 Å². The number of ether oxygens (including phenoxy) is 1. The van der Waals surface area contributed by atoms with Crippen LogP contribution in [-0.4, -0.2) is 23.6 Å². The predicted molar refractivity (Wildman–Crippen MR) is 66.8 cm³/mol. The zero-order valence-electron chi connectivity index (χ0n) is 9.99. The number of hydrogen-bond acceptors (Lipinski definition) is 3. The molecule has 5 heteroatoms. The Hall–Kier alpha value is -1.10. The molecule has 0 bridgehead atoms. The van der Waals surface area contributed by atoms with Crippen molar-refractivity contribution in [3.8, 4) is 0 Å². The van der Waals surface area contributed by atoms with E-state index in [1.807, 2.05) is 24.3 Å². The number of thioether (sulfide) groups is 1. The summed E-state index contributed by atoms with van der Waals surface area (Å²) < 4.78 is 31.0. The van der Waals surface area contributed by atoms with Gasteiger partial charge in [0.2, 0.25) is 0 Å². The number of rotatable bonds is 3. The van der Waals surface area contributed by atoms with Gasteiger partial charge in [-0.25, -0.2) is 4.79 Å². The summed E-state index contributed by atoms with van der Waals surface area (Å²) in [4.78, 5) is 11.0. The minimum atomic E-state index is -3.45. The number of hydrogen-bond donors (Lipinski definition) is 0. The molecule has 18 heavy (non-hydrogen) atoms. The Morgan fingerprint density at radius 1 is 1.39 bits per heavy atom. The largest absolute Gasteiger partial charge is 0.464 e. The molecule has 2 nitrogen and oxygen atoms in total. The highest BCUT2D eigenvalue weighted by atomic mass is 32.2. The molecule has 1 aromatic carbocycles. The molecule has 1 aliphatic carbocycles. The molecule has 0 spiro atoms. The molecule has 1 aromatic rings. The minimum Gasteiger partial charge on any atom is -0.464 e. The first-order valence-corrected chi connectivity index (χ1v) is 6.61. The molecule has 1 unspecified atom stereocenters. The monoisotopic (exact) mass is 272 g/mol. The van der Waals surface area contributed by atoms with Gasteiger partial charge in [-0.15, -0.1) is 0 Å². The normalized spacial score (nSPS) is 19.2. The first kappa shape index (κ1) is 13.3. The highest BCUT2D eigenvalue weighted by Gasteiger charge is 2.43. The Morgan fingerprint density at radius 3 is 2.72 bits per heavy atom. The van der Waals surface area contributed by atoms with Gasteiger partial charge in [-0.05, 0) is 30.4 Å². The second kappa shape index (κ2) is 5.26. The average Bonchev–Trinajstić information content (AvgIpc) is 2.37. The zero-order chi connectivity index (χ0) is 13.2. The lowest BCUT2D eigenvalue weighted by Gasteiger charge is -2.26. The van der Waals surface area contributed by atoms with Crippen molar-refractivity contribution in [3.05, 3.63) is 35.4 Å². The molecule has 98 valence electrons. The van der Waals surface area contributed by atoms with Crippen LogP contribution in [0.2, 0.25) is 0 Å². The van der Waals surface area contributed by atoms with Crippen LogP contribution in [0.4, 0.5) is 8.78 Å². The average molecular weight is 272 g/mol. The zero-order valence-corrected chi connectivity index (χ0v) is 10.8. The van der Waals surface area contributed by atoms with E-state index in [0.717, 1.165) is 19.1 Å². The van der Waals surface area contributed by atoms with Crippen LogP contribution in [0.3, 0.4) is 0 Å². The van der Waals surface area contributed by atoms with E-state index in [-0.39, 0.29) is 5.25 Å². The Bertz CT molecular complexity index is 448. The second-order valence-corrected chi connectivity index (χ2v) is 5.67. The topological polar surface area (TPSA) is 26.3 Å². The second-order valence-electron chi connectivity index (χ2n) is 4.26. The number of halogens is 2. The summed E-state index contributed by atoms with van der Waals surface area (Å²) in [5.74, 6) is -1.47. The fraction of sp³-hybridized carbons (Fsp3) is 0.462. The molecule has 1 atom stereocenters. The highest BCUT2D eigenvalue weighted by molar-refractivity contribution is 8.01. The third-order valence-electron chi connectivity index (χ3n) is 3.04. The van der Waals surface area contributed by atoms with Gasteiger partial charge >= 0.3 is 11.2 Å². The van der Waals surface area contributed by atoms with Gasteiger partial charge in [0.05, 0.1) is 7.11 Å². The maximum absolute atomic E-state index is 13.5. The fourth-order valence-electron chi connectivity index (χ4n) is 2.14. The Balaban J connectivity index is 2.04. The molecular weight excluding hydrogens is 258 g/mol. The number of aryl methyl sites for hydroxylation is 1. The number of carbonyl (C=O) groups is 1. The van der Waals surface area contributed by atoms with Gasteiger partial charge in [0, 0.05) is 5.25 Å². The lowest BCUT2D eigenvalue weighted by atomic mass is 9.92. The van der Waals surface area contributed by atoms with Gasteiger partial charge in [0.15, 0.2) is 0 Å². The van der Waals surface area contributed by atoms with E-state index >= 15 is 0 Å². The van der Waals surface area contributed by atoms with Crippen molar-refractivity contribution in [2.45, 2.75) is 29.8 Å². The molecule has 0 saturated carbocycles. The van der Waals surface area contributed by atoms with Crippen molar-refractivity contribution in [3.63, 3.8) is 0 Å². The summed E-state index contributed by atoms with van der Waals surface area (Å²) in [5, 5.41) is -3.69. The van der Waals surface area contributed by atoms with E-state index in [1.165, 1.54) is 5.56 Å².